The average Bonchev–Trinajstić information content (AvgIpc) is 2.81. The van der Waals surface area contributed by atoms with Gasteiger partial charge in [-0.1, -0.05) is 30.9 Å². The summed E-state index contributed by atoms with van der Waals surface area (Å²) in [7, 11) is 1.62. The number of hydrogen-bond donors (Lipinski definition) is 1. The normalized spacial score (nSPS) is 15.2. The number of nitrogens with one attached hydrogen (secondary N) is 1. The van der Waals surface area contributed by atoms with Gasteiger partial charge in [-0.2, -0.15) is 0 Å². The minimum absolute atomic E-state index is 0.0411. The molecule has 1 fully saturated rings. The number of carbonyl (C=O) groups excluding carboxylic acids is 2. The molecule has 0 radical (unpaired) electrons. The van der Waals surface area contributed by atoms with Crippen LogP contribution in [-0.4, -0.2) is 48.7 Å². The van der Waals surface area contributed by atoms with Crippen LogP contribution in [0.5, 0.6) is 5.75 Å². The van der Waals surface area contributed by atoms with E-state index in [4.69, 9.17) is 9.47 Å². The van der Waals surface area contributed by atoms with Crippen molar-refractivity contribution < 1.29 is 19.1 Å². The highest BCUT2D eigenvalue weighted by atomic mass is 16.6. The molecule has 1 N–H and O–H groups in total. The van der Waals surface area contributed by atoms with Crippen LogP contribution in [0, 0.1) is 5.92 Å². The molecule has 158 valence electrons. The van der Waals surface area contributed by atoms with Gasteiger partial charge in [0.15, 0.2) is 0 Å². The molecule has 3 rings (SSSR count). The number of hydrogen-bond acceptors (Lipinski definition) is 5. The molecule has 1 aromatic carbocycles. The molecule has 1 saturated heterocycles. The highest BCUT2D eigenvalue weighted by molar-refractivity contribution is 5.80. The van der Waals surface area contributed by atoms with Gasteiger partial charge in [0.25, 0.3) is 0 Å². The molecule has 1 aliphatic rings. The number of piperidine rings is 1. The Morgan fingerprint density at radius 1 is 1.23 bits per heavy atom. The number of methoxy groups -OCH3 is 1. The number of pyridine rings is 1. The van der Waals surface area contributed by atoms with Crippen molar-refractivity contribution in [2.75, 3.05) is 26.8 Å². The van der Waals surface area contributed by atoms with Crippen molar-refractivity contribution in [2.45, 2.75) is 18.9 Å². The molecule has 1 unspecified atom stereocenters. The highest BCUT2D eigenvalue weighted by Gasteiger charge is 2.30. The molecule has 2 heterocycles. The second-order valence-corrected chi connectivity index (χ2v) is 7.10. The van der Waals surface area contributed by atoms with E-state index in [1.54, 1.807) is 18.2 Å². The van der Waals surface area contributed by atoms with Crippen molar-refractivity contribution >= 4 is 12.0 Å². The maximum atomic E-state index is 13.0. The minimum Gasteiger partial charge on any atom is -0.497 e. The Morgan fingerprint density at radius 3 is 2.57 bits per heavy atom. The number of rotatable bonds is 7. The standard InChI is InChI=1S/C23H27N3O4/c1-3-16-30-23(28)26-14-11-18(12-15-26)22(27)25-21(20-6-4-5-13-24-20)17-7-9-19(29-2)10-8-17/h3-10,13,18,21H,1,11-12,14-16H2,2H3,(H,25,27). The van der Waals surface area contributed by atoms with E-state index in [2.05, 4.69) is 16.9 Å². The molecule has 7 heteroatoms. The summed E-state index contributed by atoms with van der Waals surface area (Å²) in [6.45, 7) is 4.71. The minimum atomic E-state index is -0.363. The van der Waals surface area contributed by atoms with E-state index < -0.39 is 0 Å². The van der Waals surface area contributed by atoms with Gasteiger partial charge in [0, 0.05) is 25.2 Å². The van der Waals surface area contributed by atoms with Crippen molar-refractivity contribution in [2.24, 2.45) is 5.92 Å². The Balaban J connectivity index is 1.67. The Labute approximate surface area is 176 Å². The van der Waals surface area contributed by atoms with E-state index in [1.807, 2.05) is 42.5 Å². The number of carbonyl (C=O) groups is 2. The van der Waals surface area contributed by atoms with Gasteiger partial charge in [0.05, 0.1) is 18.8 Å². The lowest BCUT2D eigenvalue weighted by molar-refractivity contribution is -0.126. The first-order chi connectivity index (χ1) is 14.6. The lowest BCUT2D eigenvalue weighted by Crippen LogP contribution is -2.44. The Hall–Kier alpha value is -3.35. The molecule has 2 amide bonds. The summed E-state index contributed by atoms with van der Waals surface area (Å²) < 4.78 is 10.3. The topological polar surface area (TPSA) is 80.8 Å². The predicted octanol–water partition coefficient (Wildman–Crippen LogP) is 3.33. The number of ether oxygens (including phenoxy) is 2. The van der Waals surface area contributed by atoms with E-state index in [9.17, 15) is 9.59 Å². The molecule has 0 aliphatic carbocycles. The van der Waals surface area contributed by atoms with Crippen LogP contribution in [0.4, 0.5) is 4.79 Å². The van der Waals surface area contributed by atoms with E-state index in [0.29, 0.717) is 25.9 Å². The van der Waals surface area contributed by atoms with E-state index in [0.717, 1.165) is 17.0 Å². The zero-order valence-corrected chi connectivity index (χ0v) is 17.1. The average molecular weight is 409 g/mol. The van der Waals surface area contributed by atoms with E-state index >= 15 is 0 Å². The number of nitrogens with zero attached hydrogens (tertiary/aromatic N) is 2. The van der Waals surface area contributed by atoms with E-state index in [-0.39, 0.29) is 30.6 Å². The fourth-order valence-corrected chi connectivity index (χ4v) is 3.48. The van der Waals surface area contributed by atoms with Gasteiger partial charge >= 0.3 is 6.09 Å². The van der Waals surface area contributed by atoms with E-state index in [1.165, 1.54) is 6.08 Å². The monoisotopic (exact) mass is 409 g/mol. The molecular weight excluding hydrogens is 382 g/mol. The van der Waals surface area contributed by atoms with Gasteiger partial charge in [-0.05, 0) is 42.7 Å². The van der Waals surface area contributed by atoms with Gasteiger partial charge in [-0.25, -0.2) is 4.79 Å². The predicted molar refractivity (Wildman–Crippen MR) is 113 cm³/mol. The van der Waals surface area contributed by atoms with Crippen molar-refractivity contribution in [1.82, 2.24) is 15.2 Å². The van der Waals surface area contributed by atoms with Crippen molar-refractivity contribution in [1.29, 1.82) is 0 Å². The molecular formula is C23H27N3O4. The van der Waals surface area contributed by atoms with Gasteiger partial charge in [-0.15, -0.1) is 0 Å². The summed E-state index contributed by atoms with van der Waals surface area (Å²) in [5, 5.41) is 3.14. The van der Waals surface area contributed by atoms with Crippen LogP contribution < -0.4 is 10.1 Å². The van der Waals surface area contributed by atoms with Crippen LogP contribution in [0.3, 0.4) is 0 Å². The summed E-state index contributed by atoms with van der Waals surface area (Å²) in [5.41, 5.74) is 1.69. The molecule has 1 aromatic heterocycles. The number of amides is 2. The lowest BCUT2D eigenvalue weighted by atomic mass is 9.94. The molecule has 0 bridgehead atoms. The Kier molecular flexibility index (Phi) is 7.43. The molecule has 30 heavy (non-hydrogen) atoms. The maximum Gasteiger partial charge on any atom is 0.410 e. The van der Waals surface area contributed by atoms with Crippen molar-refractivity contribution in [3.8, 4) is 5.75 Å². The van der Waals surface area contributed by atoms with Crippen LogP contribution >= 0.6 is 0 Å². The van der Waals surface area contributed by atoms with Crippen molar-refractivity contribution in [3.63, 3.8) is 0 Å². The van der Waals surface area contributed by atoms with Gasteiger partial charge in [-0.3, -0.25) is 9.78 Å². The molecule has 1 aliphatic heterocycles. The van der Waals surface area contributed by atoms with Crippen LogP contribution in [0.1, 0.15) is 30.1 Å². The Morgan fingerprint density at radius 2 is 1.97 bits per heavy atom. The number of aromatic nitrogens is 1. The van der Waals surface area contributed by atoms with Crippen LogP contribution in [0.25, 0.3) is 0 Å². The van der Waals surface area contributed by atoms with Crippen LogP contribution in [-0.2, 0) is 9.53 Å². The lowest BCUT2D eigenvalue weighted by Gasteiger charge is -2.31. The third kappa shape index (κ3) is 5.37. The second-order valence-electron chi connectivity index (χ2n) is 7.10. The van der Waals surface area contributed by atoms with Gasteiger partial charge < -0.3 is 19.7 Å². The smallest absolute Gasteiger partial charge is 0.410 e. The second kappa shape index (κ2) is 10.4. The summed E-state index contributed by atoms with van der Waals surface area (Å²) in [5.74, 6) is 0.541. The highest BCUT2D eigenvalue weighted by Crippen LogP contribution is 2.25. The zero-order chi connectivity index (χ0) is 21.3. The fourth-order valence-electron chi connectivity index (χ4n) is 3.48. The fraction of sp³-hybridized carbons (Fsp3) is 0.348. The molecule has 0 spiro atoms. The first-order valence-corrected chi connectivity index (χ1v) is 10.00. The number of benzene rings is 1. The molecule has 0 saturated carbocycles. The summed E-state index contributed by atoms with van der Waals surface area (Å²) >= 11 is 0. The van der Waals surface area contributed by atoms with Gasteiger partial charge in [0.2, 0.25) is 5.91 Å². The SMILES string of the molecule is C=CCOC(=O)N1CCC(C(=O)NC(c2ccc(OC)cc2)c2ccccn2)CC1. The summed E-state index contributed by atoms with van der Waals surface area (Å²) in [6.07, 6.45) is 4.07. The molecule has 7 nitrogen and oxygen atoms in total. The van der Waals surface area contributed by atoms with Gasteiger partial charge in [0.1, 0.15) is 12.4 Å². The molecule has 2 aromatic rings. The van der Waals surface area contributed by atoms with Crippen LogP contribution in [0.2, 0.25) is 0 Å². The summed E-state index contributed by atoms with van der Waals surface area (Å²) in [4.78, 5) is 31.1. The quantitative estimate of drug-likeness (QED) is 0.710. The first kappa shape index (κ1) is 21.4. The Bertz CT molecular complexity index is 847. The summed E-state index contributed by atoms with van der Waals surface area (Å²) in [6, 6.07) is 12.9. The zero-order valence-electron chi connectivity index (χ0n) is 17.1. The maximum absolute atomic E-state index is 13.0. The largest absolute Gasteiger partial charge is 0.497 e. The van der Waals surface area contributed by atoms with Crippen molar-refractivity contribution in [3.05, 3.63) is 72.6 Å². The van der Waals surface area contributed by atoms with Crippen LogP contribution in [0.15, 0.2) is 61.3 Å². The molecule has 1 atom stereocenters. The first-order valence-electron chi connectivity index (χ1n) is 10.00. The third-order valence-electron chi connectivity index (χ3n) is 5.17. The third-order valence-corrected chi connectivity index (χ3v) is 5.17. The number of likely N-dealkylation sites (tertiary alicyclic amines) is 1.